The molecule has 0 aliphatic rings. The fourth-order valence-electron chi connectivity index (χ4n) is 1.18. The highest BCUT2D eigenvalue weighted by molar-refractivity contribution is 7.99. The van der Waals surface area contributed by atoms with Gasteiger partial charge in [0.15, 0.2) is 5.16 Å². The lowest BCUT2D eigenvalue weighted by Gasteiger charge is -2.09. The number of hydrogen-bond acceptors (Lipinski definition) is 5. The zero-order chi connectivity index (χ0) is 12.4. The third kappa shape index (κ3) is 2.76. The average molecular weight is 270 g/mol. The molecule has 0 aliphatic carbocycles. The topological polar surface area (TPSA) is 67.3 Å². The molecule has 0 saturated heterocycles. The molecule has 1 N–H and O–H groups in total. The number of aromatic nitrogens is 5. The first kappa shape index (κ1) is 12.3. The van der Waals surface area contributed by atoms with E-state index in [0.717, 1.165) is 16.4 Å². The third-order valence-corrected chi connectivity index (χ3v) is 3.51. The summed E-state index contributed by atoms with van der Waals surface area (Å²) < 4.78 is 0. The zero-order valence-corrected chi connectivity index (χ0v) is 11.3. The van der Waals surface area contributed by atoms with Crippen molar-refractivity contribution in [1.29, 1.82) is 0 Å². The van der Waals surface area contributed by atoms with Crippen molar-refractivity contribution in [2.24, 2.45) is 0 Å². The number of nitrogens with one attached hydrogen (secondary N) is 1. The third-order valence-electron chi connectivity index (χ3n) is 2.16. The molecule has 2 aromatic heterocycles. The molecular weight excluding hydrogens is 258 g/mol. The van der Waals surface area contributed by atoms with Crippen molar-refractivity contribution >= 4 is 23.4 Å². The van der Waals surface area contributed by atoms with Gasteiger partial charge in [-0.3, -0.25) is 5.10 Å². The van der Waals surface area contributed by atoms with E-state index in [4.69, 9.17) is 11.6 Å². The highest BCUT2D eigenvalue weighted by Gasteiger charge is 2.13. The summed E-state index contributed by atoms with van der Waals surface area (Å²) in [7, 11) is 0. The quantitative estimate of drug-likeness (QED) is 0.868. The molecule has 2 rings (SSSR count). The number of aromatic amines is 1. The molecule has 5 nitrogen and oxygen atoms in total. The van der Waals surface area contributed by atoms with E-state index in [9.17, 15) is 0 Å². The predicted octanol–water partition coefficient (Wildman–Crippen LogP) is 2.83. The predicted molar refractivity (Wildman–Crippen MR) is 66.4 cm³/mol. The number of hydrogen-bond donors (Lipinski definition) is 1. The van der Waals surface area contributed by atoms with E-state index in [1.807, 2.05) is 20.8 Å². The molecule has 0 atom stereocenters. The van der Waals surface area contributed by atoms with Crippen LogP contribution in [0.5, 0.6) is 0 Å². The first-order valence-corrected chi connectivity index (χ1v) is 6.34. The molecule has 0 aliphatic heterocycles. The van der Waals surface area contributed by atoms with Gasteiger partial charge in [0.25, 0.3) is 0 Å². The summed E-state index contributed by atoms with van der Waals surface area (Å²) in [5.74, 6) is 0.977. The summed E-state index contributed by atoms with van der Waals surface area (Å²) in [6.45, 7) is 5.96. The Morgan fingerprint density at radius 1 is 1.35 bits per heavy atom. The van der Waals surface area contributed by atoms with Gasteiger partial charge in [-0.05, 0) is 18.7 Å². The van der Waals surface area contributed by atoms with Gasteiger partial charge in [-0.25, -0.2) is 15.0 Å². The van der Waals surface area contributed by atoms with Crippen molar-refractivity contribution < 1.29 is 0 Å². The average Bonchev–Trinajstić information content (AvgIpc) is 2.77. The molecule has 0 saturated carbocycles. The Kier molecular flexibility index (Phi) is 3.63. The number of rotatable bonds is 3. The van der Waals surface area contributed by atoms with Gasteiger partial charge in [0.1, 0.15) is 22.3 Å². The van der Waals surface area contributed by atoms with E-state index < -0.39 is 0 Å². The second-order valence-electron chi connectivity index (χ2n) is 3.85. The van der Waals surface area contributed by atoms with Gasteiger partial charge in [-0.1, -0.05) is 25.4 Å². The van der Waals surface area contributed by atoms with Crippen molar-refractivity contribution in [3.8, 4) is 0 Å². The molecule has 7 heteroatoms. The molecule has 2 aromatic rings. The second-order valence-corrected chi connectivity index (χ2v) is 5.19. The maximum Gasteiger partial charge on any atom is 0.189 e. The number of halogens is 1. The Bertz CT molecular complexity index is 512. The minimum Gasteiger partial charge on any atom is -0.254 e. The number of nitrogens with zero attached hydrogens (tertiary/aromatic N) is 4. The van der Waals surface area contributed by atoms with Crippen molar-refractivity contribution in [3.05, 3.63) is 22.9 Å². The van der Waals surface area contributed by atoms with Crippen LogP contribution in [0.3, 0.4) is 0 Å². The fraction of sp³-hybridized carbons (Fsp3) is 0.400. The van der Waals surface area contributed by atoms with Crippen LogP contribution in [0.25, 0.3) is 0 Å². The van der Waals surface area contributed by atoms with Gasteiger partial charge in [-0.2, -0.15) is 5.10 Å². The smallest absolute Gasteiger partial charge is 0.189 e. The normalized spacial score (nSPS) is 11.1. The van der Waals surface area contributed by atoms with Crippen molar-refractivity contribution in [3.63, 3.8) is 0 Å². The van der Waals surface area contributed by atoms with Crippen LogP contribution in [0.1, 0.15) is 31.2 Å². The highest BCUT2D eigenvalue weighted by Crippen LogP contribution is 2.29. The van der Waals surface area contributed by atoms with Crippen LogP contribution in [0, 0.1) is 6.92 Å². The summed E-state index contributed by atoms with van der Waals surface area (Å²) in [4.78, 5) is 12.8. The van der Waals surface area contributed by atoms with Crippen LogP contribution in [0.2, 0.25) is 5.15 Å². The van der Waals surface area contributed by atoms with E-state index >= 15 is 0 Å². The minimum atomic E-state index is 0.238. The lowest BCUT2D eigenvalue weighted by atomic mass is 10.2. The van der Waals surface area contributed by atoms with Crippen LogP contribution in [0.15, 0.2) is 16.5 Å². The molecule has 0 bridgehead atoms. The molecule has 2 heterocycles. The Balaban J connectivity index is 2.38. The molecule has 90 valence electrons. The molecule has 0 spiro atoms. The molecule has 0 fully saturated rings. The summed E-state index contributed by atoms with van der Waals surface area (Å²) in [5, 5.41) is 8.57. The first-order chi connectivity index (χ1) is 8.08. The highest BCUT2D eigenvalue weighted by atomic mass is 35.5. The minimum absolute atomic E-state index is 0.238. The van der Waals surface area contributed by atoms with Gasteiger partial charge < -0.3 is 0 Å². The maximum atomic E-state index is 6.09. The summed E-state index contributed by atoms with van der Waals surface area (Å²) in [5.41, 5.74) is 0.859. The van der Waals surface area contributed by atoms with Crippen LogP contribution in [0.4, 0.5) is 0 Å². The zero-order valence-electron chi connectivity index (χ0n) is 9.73. The fourth-order valence-corrected chi connectivity index (χ4v) is 2.18. The lowest BCUT2D eigenvalue weighted by Crippen LogP contribution is -2.01. The van der Waals surface area contributed by atoms with Gasteiger partial charge in [0.05, 0.1) is 0 Å². The van der Waals surface area contributed by atoms with Crippen LogP contribution in [-0.4, -0.2) is 25.1 Å². The molecule has 0 radical (unpaired) electrons. The molecule has 17 heavy (non-hydrogen) atoms. The van der Waals surface area contributed by atoms with Crippen LogP contribution < -0.4 is 0 Å². The molecule has 0 unspecified atom stereocenters. The van der Waals surface area contributed by atoms with Crippen LogP contribution in [-0.2, 0) is 0 Å². The second kappa shape index (κ2) is 5.01. The number of H-pyrrole nitrogens is 1. The van der Waals surface area contributed by atoms with E-state index in [0.29, 0.717) is 10.3 Å². The maximum absolute atomic E-state index is 6.09. The first-order valence-electron chi connectivity index (χ1n) is 5.15. The van der Waals surface area contributed by atoms with Gasteiger partial charge >= 0.3 is 0 Å². The van der Waals surface area contributed by atoms with Gasteiger partial charge in [0, 0.05) is 11.5 Å². The van der Waals surface area contributed by atoms with E-state index in [2.05, 4.69) is 25.1 Å². The Labute approximate surface area is 108 Å². The van der Waals surface area contributed by atoms with Gasteiger partial charge in [-0.15, -0.1) is 0 Å². The standard InChI is InChI=1S/C10H12ClN5S/c1-5(2)8-14-7(11)6(3)9(15-8)17-10-12-4-13-16-10/h4-5H,1-3H3,(H,12,13,16). The lowest BCUT2D eigenvalue weighted by molar-refractivity contribution is 0.747. The summed E-state index contributed by atoms with van der Waals surface area (Å²) in [6, 6.07) is 0. The van der Waals surface area contributed by atoms with Crippen molar-refractivity contribution in [2.45, 2.75) is 36.9 Å². The van der Waals surface area contributed by atoms with Crippen molar-refractivity contribution in [2.75, 3.05) is 0 Å². The SMILES string of the molecule is Cc1c(Cl)nc(C(C)C)nc1Sc1ncn[nH]1. The monoisotopic (exact) mass is 269 g/mol. The van der Waals surface area contributed by atoms with E-state index in [1.54, 1.807) is 0 Å². The molecular formula is C10H12ClN5S. The largest absolute Gasteiger partial charge is 0.254 e. The summed E-state index contributed by atoms with van der Waals surface area (Å²) in [6.07, 6.45) is 1.46. The molecule has 0 aromatic carbocycles. The summed E-state index contributed by atoms with van der Waals surface area (Å²) >= 11 is 7.49. The Hall–Kier alpha value is -1.14. The Morgan fingerprint density at radius 2 is 2.12 bits per heavy atom. The van der Waals surface area contributed by atoms with E-state index in [-0.39, 0.29) is 5.92 Å². The Morgan fingerprint density at radius 3 is 2.71 bits per heavy atom. The van der Waals surface area contributed by atoms with Gasteiger partial charge in [0.2, 0.25) is 0 Å². The van der Waals surface area contributed by atoms with E-state index in [1.165, 1.54) is 18.1 Å². The molecule has 0 amide bonds. The van der Waals surface area contributed by atoms with Crippen LogP contribution >= 0.6 is 23.4 Å². The van der Waals surface area contributed by atoms with Crippen molar-refractivity contribution in [1.82, 2.24) is 25.1 Å².